The molecule has 16 aromatic rings. The van der Waals surface area contributed by atoms with Crippen LogP contribution in [0.15, 0.2) is 237 Å². The van der Waals surface area contributed by atoms with Crippen LogP contribution in [0.2, 0.25) is 0 Å². The van der Waals surface area contributed by atoms with Gasteiger partial charge >= 0.3 is 24.7 Å². The number of carbonyl (C=O) groups excluding carboxylic acids is 4. The minimum Gasteiger partial charge on any atom is -0.377 e. The quantitative estimate of drug-likeness (QED) is 0.0605. The molecule has 0 spiro atoms. The molecular formula is C110H97F13N20O5. The van der Waals surface area contributed by atoms with E-state index in [0.717, 1.165) is 102 Å². The van der Waals surface area contributed by atoms with Crippen LogP contribution >= 0.6 is 0 Å². The number of halogens is 13. The van der Waals surface area contributed by atoms with Gasteiger partial charge in [-0.25, -0.2) is 63.6 Å². The van der Waals surface area contributed by atoms with Crippen molar-refractivity contribution in [3.05, 3.63) is 344 Å². The number of anilines is 4. The summed E-state index contributed by atoms with van der Waals surface area (Å²) >= 11 is 0. The van der Waals surface area contributed by atoms with Crippen LogP contribution in [0, 0.1) is 19.7 Å². The lowest BCUT2D eigenvalue weighted by Crippen LogP contribution is -2.30. The Morgan fingerprint density at radius 2 is 0.709 bits per heavy atom. The first kappa shape index (κ1) is 102. The van der Waals surface area contributed by atoms with Gasteiger partial charge in [0.1, 0.15) is 46.4 Å². The molecule has 0 N–H and O–H groups in total. The highest BCUT2D eigenvalue weighted by molar-refractivity contribution is 6.03. The molecule has 21 rings (SSSR count). The zero-order valence-corrected chi connectivity index (χ0v) is 81.9. The van der Waals surface area contributed by atoms with Crippen molar-refractivity contribution in [1.29, 1.82) is 0 Å². The van der Waals surface area contributed by atoms with Gasteiger partial charge in [-0.15, -0.1) is 0 Å². The molecule has 0 aliphatic carbocycles. The van der Waals surface area contributed by atoms with E-state index in [2.05, 4.69) is 98.8 Å². The SMILES string of the molecule is CC(C)c1c(F)cccc1-c1ncc2c(n1)N(Cc1ccc(-c3nc(C(F)(F)F)cn3C)cc1)C(=O)C2.CC(C)c1ccccc1-c1ncc2c(n1)N(Cc1ccc(-c3nc(C(F)(F)F)cn3C3COC3)cc1)C(=O)C2.Cc1cc(C(F)(F)F)n(-c2ccc(CN3C(=O)Cc4cnc(-c5ccccc5C(C)C)nc43)cc2)n1.Cc1cc(C(F)(F)F)nn1-c1ccc(CN2C(=O)Cc3cnc(-c4ccccc4C(C)C)nc32)cc1. The molecule has 5 aliphatic heterocycles. The number of aryl methyl sites for hydroxylation is 3. The van der Waals surface area contributed by atoms with Gasteiger partial charge in [-0.1, -0.05) is 213 Å². The Labute approximate surface area is 841 Å². The molecule has 1 saturated heterocycles. The molecule has 758 valence electrons. The number of hydrogen-bond donors (Lipinski definition) is 0. The molecule has 8 aromatic carbocycles. The molecular weight excluding hydrogens is 1930 g/mol. The number of amides is 4. The van der Waals surface area contributed by atoms with Crippen LogP contribution in [0.25, 0.3) is 79.7 Å². The molecule has 25 nitrogen and oxygen atoms in total. The predicted molar refractivity (Wildman–Crippen MR) is 529 cm³/mol. The first-order chi connectivity index (χ1) is 70.4. The Hall–Kier alpha value is -16.2. The van der Waals surface area contributed by atoms with Crippen molar-refractivity contribution in [3.8, 4) is 79.7 Å². The number of aromatic nitrogens is 16. The fourth-order valence-corrected chi connectivity index (χ4v) is 18.4. The molecule has 0 atom stereocenters. The average molecular weight is 2030 g/mol. The molecule has 0 radical (unpaired) electrons. The number of imidazole rings is 2. The minimum absolute atomic E-state index is 0.0737. The summed E-state index contributed by atoms with van der Waals surface area (Å²) in [6.45, 7) is 21.3. The second kappa shape index (κ2) is 41.0. The first-order valence-corrected chi connectivity index (χ1v) is 47.7. The summed E-state index contributed by atoms with van der Waals surface area (Å²) in [6.07, 6.45) is -8.53. The number of hydrogen-bond acceptors (Lipinski definition) is 17. The Kier molecular flexibility index (Phi) is 28.3. The topological polar surface area (TPSA) is 265 Å². The van der Waals surface area contributed by atoms with Crippen molar-refractivity contribution >= 4 is 46.9 Å². The van der Waals surface area contributed by atoms with E-state index in [0.29, 0.717) is 117 Å². The van der Waals surface area contributed by atoms with Crippen LogP contribution in [0.5, 0.6) is 0 Å². The summed E-state index contributed by atoms with van der Waals surface area (Å²) in [5.41, 5.74) is 12.3. The molecule has 0 bridgehead atoms. The van der Waals surface area contributed by atoms with Gasteiger partial charge in [0, 0.05) is 111 Å². The van der Waals surface area contributed by atoms with Crippen LogP contribution < -0.4 is 19.6 Å². The van der Waals surface area contributed by atoms with Gasteiger partial charge in [0.15, 0.2) is 40.4 Å². The molecule has 1 fully saturated rings. The molecule has 13 heterocycles. The number of fused-ring (bicyclic) bond motifs is 4. The van der Waals surface area contributed by atoms with Gasteiger partial charge in [-0.3, -0.25) is 38.8 Å². The highest BCUT2D eigenvalue weighted by atomic mass is 19.4. The van der Waals surface area contributed by atoms with E-state index in [-0.39, 0.29) is 116 Å². The third-order valence-electron chi connectivity index (χ3n) is 26.0. The van der Waals surface area contributed by atoms with Crippen LogP contribution in [-0.4, -0.2) is 115 Å². The van der Waals surface area contributed by atoms with E-state index >= 15 is 0 Å². The van der Waals surface area contributed by atoms with Crippen LogP contribution in [0.4, 0.5) is 80.3 Å². The molecule has 4 amide bonds. The lowest BCUT2D eigenvalue weighted by Gasteiger charge is -2.28. The van der Waals surface area contributed by atoms with Gasteiger partial charge in [-0.05, 0) is 119 Å². The molecule has 8 aromatic heterocycles. The van der Waals surface area contributed by atoms with Gasteiger partial charge in [0.05, 0.1) is 88.2 Å². The maximum atomic E-state index is 14.5. The van der Waals surface area contributed by atoms with E-state index in [4.69, 9.17) is 19.7 Å². The van der Waals surface area contributed by atoms with E-state index in [1.165, 1.54) is 33.9 Å². The number of benzene rings is 8. The summed E-state index contributed by atoms with van der Waals surface area (Å²) in [4.78, 5) is 102. The Bertz CT molecular complexity index is 7720. The largest absolute Gasteiger partial charge is 0.435 e. The van der Waals surface area contributed by atoms with Crippen molar-refractivity contribution < 1.29 is 81.0 Å². The van der Waals surface area contributed by atoms with Gasteiger partial charge < -0.3 is 13.9 Å². The second-order valence-electron chi connectivity index (χ2n) is 37.9. The highest BCUT2D eigenvalue weighted by Crippen LogP contribution is 2.44. The van der Waals surface area contributed by atoms with Gasteiger partial charge in [0.25, 0.3) is 0 Å². The Balaban J connectivity index is 0.000000129. The third kappa shape index (κ3) is 21.5. The fraction of sp³-hybridized carbons (Fsp3) is 0.273. The van der Waals surface area contributed by atoms with E-state index in [1.807, 2.05) is 74.5 Å². The van der Waals surface area contributed by atoms with E-state index < -0.39 is 47.5 Å². The minimum atomic E-state index is -4.54. The smallest absolute Gasteiger partial charge is 0.377 e. The molecule has 5 aliphatic rings. The van der Waals surface area contributed by atoms with Crippen molar-refractivity contribution in [2.75, 3.05) is 32.8 Å². The number of ether oxygens (including phenoxy) is 1. The summed E-state index contributed by atoms with van der Waals surface area (Å²) in [5, 5.41) is 7.69. The monoisotopic (exact) mass is 2020 g/mol. The normalized spacial score (nSPS) is 14.1. The van der Waals surface area contributed by atoms with Crippen molar-refractivity contribution in [3.63, 3.8) is 0 Å². The van der Waals surface area contributed by atoms with Crippen molar-refractivity contribution in [2.24, 2.45) is 7.05 Å². The number of carbonyl (C=O) groups is 4. The lowest BCUT2D eigenvalue weighted by atomic mass is 9.96. The summed E-state index contributed by atoms with van der Waals surface area (Å²) < 4.78 is 183. The van der Waals surface area contributed by atoms with Crippen molar-refractivity contribution in [1.82, 2.24) is 78.5 Å². The number of alkyl halides is 12. The molecule has 0 unspecified atom stereocenters. The van der Waals surface area contributed by atoms with E-state index in [9.17, 15) is 76.3 Å². The highest BCUT2D eigenvalue weighted by Gasteiger charge is 2.42. The standard InChI is InChI=1S/C29H26F3N5O2.C27H23F4N5O.2C27H24F3N5O/c1-17(2)22-5-3-4-6-23(22)26-33-12-20-11-25(38)37(28(20)35-26)13-18-7-9-19(10-8-18)27-34-24(29(30,31)32)14-36(27)21-15-39-16-21;1-15(2)23-19(5-4-6-20(23)28)24-32-12-18-11-22(37)36(26(18)34-24)13-16-7-9-17(10-8-16)25-33-21(14-35(25)3)27(29,30)31;1-16(2)21-6-4-5-7-22(21)25-31-14-19-13-24(36)34(26(19)32-25)15-18-8-10-20(11-9-18)35-17(3)12-23(33-35)27(28,29)30;1-16(2)21-6-4-5-7-22(21)25-31-14-19-13-24(36)34(26(19)32-25)15-18-8-10-20(11-9-18)35-23(27(28,29)30)12-17(3)33-35/h3-10,12,14,17,21H,11,13,15-16H2,1-2H3;4-10,12,14-15H,11,13H2,1-3H3;2*4-12,14,16H,13,15H2,1-3H3. The van der Waals surface area contributed by atoms with Crippen LogP contribution in [0.3, 0.4) is 0 Å². The zero-order valence-electron chi connectivity index (χ0n) is 81.9. The molecule has 148 heavy (non-hydrogen) atoms. The fourth-order valence-electron chi connectivity index (χ4n) is 18.4. The predicted octanol–water partition coefficient (Wildman–Crippen LogP) is 23.5. The maximum absolute atomic E-state index is 14.5. The molecule has 0 saturated carbocycles. The number of rotatable bonds is 21. The zero-order chi connectivity index (χ0) is 105. The molecule has 38 heteroatoms. The summed E-state index contributed by atoms with van der Waals surface area (Å²) in [6, 6.07) is 57.9. The second-order valence-corrected chi connectivity index (χ2v) is 37.9. The van der Waals surface area contributed by atoms with Crippen LogP contribution in [0.1, 0.15) is 186 Å². The maximum Gasteiger partial charge on any atom is 0.435 e. The Morgan fingerprint density at radius 1 is 0.365 bits per heavy atom. The Morgan fingerprint density at radius 3 is 1.05 bits per heavy atom. The van der Waals surface area contributed by atoms with E-state index in [1.54, 1.807) is 161 Å². The summed E-state index contributed by atoms with van der Waals surface area (Å²) in [5.74, 6) is 4.73. The van der Waals surface area contributed by atoms with Gasteiger partial charge in [-0.2, -0.15) is 62.9 Å². The number of nitrogens with zero attached hydrogens (tertiary/aromatic N) is 20. The van der Waals surface area contributed by atoms with Crippen molar-refractivity contribution in [2.45, 2.75) is 176 Å². The lowest BCUT2D eigenvalue weighted by molar-refractivity contribution is -0.143. The van der Waals surface area contributed by atoms with Gasteiger partial charge in [0.2, 0.25) is 23.6 Å². The average Bonchev–Trinajstić information content (AvgIpc) is 1.58. The third-order valence-corrected chi connectivity index (χ3v) is 26.0. The first-order valence-electron chi connectivity index (χ1n) is 47.7. The van der Waals surface area contributed by atoms with Crippen LogP contribution in [-0.2, 0) is 108 Å². The summed E-state index contributed by atoms with van der Waals surface area (Å²) in [7, 11) is 1.51.